The Morgan fingerprint density at radius 3 is 2.20 bits per heavy atom. The first-order chi connectivity index (χ1) is 26.2. The molecule has 0 aliphatic heterocycles. The molecule has 0 fully saturated rings. The van der Waals surface area contributed by atoms with E-state index in [4.69, 9.17) is 27.0 Å². The zero-order valence-corrected chi connectivity index (χ0v) is 27.6. The number of hydrogen-bond donors (Lipinski definition) is 0. The minimum atomic E-state index is -2.41. The lowest BCUT2D eigenvalue weighted by molar-refractivity contribution is 0.652. The quantitative estimate of drug-likeness (QED) is 0.187. The summed E-state index contributed by atoms with van der Waals surface area (Å²) in [5.74, 6) is 0.710. The molecule has 0 saturated carbocycles. The Morgan fingerprint density at radius 1 is 0.653 bits per heavy atom. The minimum Gasteiger partial charge on any atom is -0.454 e. The molecule has 0 aliphatic rings. The van der Waals surface area contributed by atoms with Gasteiger partial charge in [-0.3, -0.25) is 4.57 Å². The summed E-state index contributed by atoms with van der Waals surface area (Å²) in [6, 6.07) is 32.6. The van der Waals surface area contributed by atoms with E-state index in [-0.39, 0.29) is 23.0 Å². The molecule has 0 unspecified atom stereocenters. The number of hydrogen-bond acceptors (Lipinski definition) is 4. The number of pyridine rings is 1. The zero-order valence-electron chi connectivity index (χ0n) is 33.6. The van der Waals surface area contributed by atoms with Gasteiger partial charge in [0, 0.05) is 19.0 Å². The topological polar surface area (TPSA) is 57.0 Å². The SMILES string of the molecule is [2H]C([2H])([2H])c1ccc2c(c1)oc1cc3c(nc12)oc1c(-c2nc4cccc(C([2H])([2H])[2H])c4n2-c2c(C(C)C)cc(-c4ccccc4)cc2C(C)C)cccc13. The van der Waals surface area contributed by atoms with Crippen LogP contribution in [-0.4, -0.2) is 14.5 Å². The van der Waals surface area contributed by atoms with Gasteiger partial charge in [0.15, 0.2) is 5.58 Å². The van der Waals surface area contributed by atoms with Gasteiger partial charge in [-0.15, -0.1) is 0 Å². The van der Waals surface area contributed by atoms with E-state index in [0.717, 1.165) is 38.7 Å². The van der Waals surface area contributed by atoms with E-state index in [0.29, 0.717) is 55.8 Å². The number of fused-ring (bicyclic) bond motifs is 7. The van der Waals surface area contributed by atoms with Crippen LogP contribution >= 0.6 is 0 Å². The van der Waals surface area contributed by atoms with E-state index in [1.54, 1.807) is 30.3 Å². The fourth-order valence-corrected chi connectivity index (χ4v) is 7.21. The van der Waals surface area contributed by atoms with Crippen LogP contribution in [-0.2, 0) is 0 Å². The molecule has 4 aromatic heterocycles. The van der Waals surface area contributed by atoms with E-state index in [1.807, 2.05) is 53.1 Å². The van der Waals surface area contributed by atoms with E-state index in [1.165, 1.54) is 0 Å². The lowest BCUT2D eigenvalue weighted by Crippen LogP contribution is -2.10. The van der Waals surface area contributed by atoms with Gasteiger partial charge in [0.2, 0.25) is 5.71 Å². The third kappa shape index (κ3) is 4.52. The van der Waals surface area contributed by atoms with Crippen molar-refractivity contribution in [2.75, 3.05) is 0 Å². The van der Waals surface area contributed by atoms with Gasteiger partial charge in [-0.25, -0.2) is 9.97 Å². The Morgan fingerprint density at radius 2 is 1.45 bits per heavy atom. The lowest BCUT2D eigenvalue weighted by Gasteiger charge is -2.24. The van der Waals surface area contributed by atoms with Gasteiger partial charge in [0.25, 0.3) is 0 Å². The number of aryl methyl sites for hydroxylation is 2. The fraction of sp³-hybridized carbons (Fsp3) is 0.182. The second-order valence-corrected chi connectivity index (χ2v) is 13.4. The average Bonchev–Trinajstić information content (AvgIpc) is 3.83. The number of rotatable bonds is 5. The van der Waals surface area contributed by atoms with Crippen molar-refractivity contribution >= 4 is 55.2 Å². The van der Waals surface area contributed by atoms with Crippen LogP contribution in [0.2, 0.25) is 0 Å². The first-order valence-corrected chi connectivity index (χ1v) is 16.6. The molecule has 0 bridgehead atoms. The van der Waals surface area contributed by atoms with Crippen molar-refractivity contribution in [2.45, 2.75) is 53.2 Å². The number of para-hydroxylation sites is 2. The van der Waals surface area contributed by atoms with Gasteiger partial charge < -0.3 is 8.83 Å². The second kappa shape index (κ2) is 10.9. The standard InChI is InChI=1S/C44H37N3O2/c1-24(2)33-21-29(28-13-8-7-9-14-28)22-34(25(3)4)41(33)47-40-27(6)12-10-17-36(40)45-43(47)32-16-11-15-30-35-23-38-39(46-44(35)49-42(30)32)31-19-18-26(5)20-37(31)48-38/h7-25H,1-6H3/i5D3,6D3. The van der Waals surface area contributed by atoms with Gasteiger partial charge in [0.1, 0.15) is 22.5 Å². The zero-order chi connectivity index (χ0) is 38.6. The number of nitrogens with zero attached hydrogens (tertiary/aromatic N) is 3. The molecule has 5 heteroatoms. The molecule has 5 aromatic carbocycles. The summed E-state index contributed by atoms with van der Waals surface area (Å²) < 4.78 is 64.3. The summed E-state index contributed by atoms with van der Waals surface area (Å²) in [7, 11) is 0. The maximum Gasteiger partial charge on any atom is 0.228 e. The average molecular weight is 646 g/mol. The third-order valence-corrected chi connectivity index (χ3v) is 9.57. The highest BCUT2D eigenvalue weighted by Gasteiger charge is 2.26. The normalized spacial score (nSPS) is 14.6. The minimum absolute atomic E-state index is 0.0775. The Labute approximate surface area is 293 Å². The molecule has 0 spiro atoms. The Bertz CT molecular complexity index is 2940. The van der Waals surface area contributed by atoms with Gasteiger partial charge in [-0.2, -0.15) is 0 Å². The Kier molecular flexibility index (Phi) is 5.27. The fourth-order valence-electron chi connectivity index (χ4n) is 7.21. The van der Waals surface area contributed by atoms with Crippen molar-refractivity contribution < 1.29 is 17.1 Å². The molecule has 0 N–H and O–H groups in total. The van der Waals surface area contributed by atoms with Crippen LogP contribution in [0.1, 0.15) is 70.0 Å². The maximum atomic E-state index is 8.64. The van der Waals surface area contributed by atoms with Crippen molar-refractivity contribution in [3.63, 3.8) is 0 Å². The van der Waals surface area contributed by atoms with E-state index in [2.05, 4.69) is 52.0 Å². The van der Waals surface area contributed by atoms with Gasteiger partial charge >= 0.3 is 0 Å². The molecule has 0 saturated heterocycles. The van der Waals surface area contributed by atoms with Gasteiger partial charge in [-0.1, -0.05) is 88.4 Å². The Balaban J connectivity index is 1.36. The molecule has 49 heavy (non-hydrogen) atoms. The van der Waals surface area contributed by atoms with Crippen LogP contribution in [0.15, 0.2) is 112 Å². The maximum absolute atomic E-state index is 8.64. The molecule has 5 nitrogen and oxygen atoms in total. The molecular weight excluding hydrogens is 603 g/mol. The van der Waals surface area contributed by atoms with Crippen LogP contribution in [0.4, 0.5) is 0 Å². The number of benzene rings is 5. The van der Waals surface area contributed by atoms with E-state index >= 15 is 0 Å². The lowest BCUT2D eigenvalue weighted by atomic mass is 9.88. The molecule has 0 radical (unpaired) electrons. The van der Waals surface area contributed by atoms with Crippen LogP contribution < -0.4 is 0 Å². The summed E-state index contributed by atoms with van der Waals surface area (Å²) in [5.41, 5.74) is 9.88. The molecule has 4 heterocycles. The highest BCUT2D eigenvalue weighted by Crippen LogP contribution is 2.43. The van der Waals surface area contributed by atoms with Gasteiger partial charge in [0.05, 0.1) is 27.7 Å². The summed E-state index contributed by atoms with van der Waals surface area (Å²) in [4.78, 5) is 10.1. The van der Waals surface area contributed by atoms with E-state index in [9.17, 15) is 0 Å². The second-order valence-electron chi connectivity index (χ2n) is 13.4. The van der Waals surface area contributed by atoms with E-state index < -0.39 is 13.7 Å². The van der Waals surface area contributed by atoms with Crippen LogP contribution in [0, 0.1) is 13.7 Å². The molecule has 240 valence electrons. The molecule has 0 amide bonds. The van der Waals surface area contributed by atoms with Crippen molar-refractivity contribution in [1.82, 2.24) is 14.5 Å². The largest absolute Gasteiger partial charge is 0.454 e. The first-order valence-electron chi connectivity index (χ1n) is 19.6. The third-order valence-electron chi connectivity index (χ3n) is 9.57. The monoisotopic (exact) mass is 645 g/mol. The van der Waals surface area contributed by atoms with Crippen molar-refractivity contribution in [3.05, 3.63) is 125 Å². The predicted molar refractivity (Wildman–Crippen MR) is 202 cm³/mol. The predicted octanol–water partition coefficient (Wildman–Crippen LogP) is 12.4. The summed E-state index contributed by atoms with van der Waals surface area (Å²) in [6.45, 7) is 3.97. The van der Waals surface area contributed by atoms with Gasteiger partial charge in [-0.05, 0) is 101 Å². The smallest absolute Gasteiger partial charge is 0.228 e. The van der Waals surface area contributed by atoms with Crippen molar-refractivity contribution in [3.8, 4) is 28.2 Å². The summed E-state index contributed by atoms with van der Waals surface area (Å²) >= 11 is 0. The molecule has 9 rings (SSSR count). The first kappa shape index (κ1) is 23.6. The molecule has 0 aliphatic carbocycles. The molecule has 9 aromatic rings. The molecular formula is C44H37N3O2. The van der Waals surface area contributed by atoms with Crippen LogP contribution in [0.5, 0.6) is 0 Å². The molecule has 0 atom stereocenters. The highest BCUT2D eigenvalue weighted by molar-refractivity contribution is 6.13. The van der Waals surface area contributed by atoms with Crippen LogP contribution in [0.3, 0.4) is 0 Å². The number of furan rings is 2. The van der Waals surface area contributed by atoms with Crippen molar-refractivity contribution in [2.24, 2.45) is 0 Å². The number of aromatic nitrogens is 3. The Hall–Kier alpha value is -5.68. The van der Waals surface area contributed by atoms with Crippen molar-refractivity contribution in [1.29, 1.82) is 0 Å². The number of imidazole rings is 1. The highest BCUT2D eigenvalue weighted by atomic mass is 16.3. The summed E-state index contributed by atoms with van der Waals surface area (Å²) in [6.07, 6.45) is 0. The van der Waals surface area contributed by atoms with Crippen LogP contribution in [0.25, 0.3) is 83.4 Å². The summed E-state index contributed by atoms with van der Waals surface area (Å²) in [5, 5.41) is 2.20.